The highest BCUT2D eigenvalue weighted by Crippen LogP contribution is 2.17. The number of aliphatic hydroxyl groups is 1. The number of carboxylic acids is 1. The first kappa shape index (κ1) is 13.9. The summed E-state index contributed by atoms with van der Waals surface area (Å²) in [6.07, 6.45) is 0. The predicted octanol–water partition coefficient (Wildman–Crippen LogP) is 0.00960. The molecule has 0 aliphatic heterocycles. The molecule has 0 heterocycles. The smallest absolute Gasteiger partial charge is 0.328 e. The molecule has 1 aromatic carbocycles. The quantitative estimate of drug-likeness (QED) is 0.690. The molecule has 7 heteroatoms. The molecular formula is C11H12FNO5. The number of ether oxygens (including phenoxy) is 1. The van der Waals surface area contributed by atoms with Crippen LogP contribution in [0.2, 0.25) is 0 Å². The zero-order chi connectivity index (χ0) is 13.7. The summed E-state index contributed by atoms with van der Waals surface area (Å²) in [7, 11) is 1.28. The molecule has 0 unspecified atom stereocenters. The van der Waals surface area contributed by atoms with Crippen LogP contribution in [-0.4, -0.2) is 41.8 Å². The molecule has 3 N–H and O–H groups in total. The van der Waals surface area contributed by atoms with Crippen molar-refractivity contribution < 1.29 is 28.9 Å². The number of methoxy groups -OCH3 is 1. The van der Waals surface area contributed by atoms with Crippen LogP contribution in [0.15, 0.2) is 18.2 Å². The summed E-state index contributed by atoms with van der Waals surface area (Å²) in [6.45, 7) is -0.750. The van der Waals surface area contributed by atoms with Crippen molar-refractivity contribution in [3.63, 3.8) is 0 Å². The molecule has 0 aromatic heterocycles. The number of nitrogens with one attached hydrogen (secondary N) is 1. The van der Waals surface area contributed by atoms with Gasteiger partial charge in [-0.15, -0.1) is 0 Å². The Morgan fingerprint density at radius 2 is 2.17 bits per heavy atom. The van der Waals surface area contributed by atoms with Gasteiger partial charge in [0.05, 0.1) is 13.7 Å². The fraction of sp³-hybridized carbons (Fsp3) is 0.273. The number of carbonyl (C=O) groups is 2. The van der Waals surface area contributed by atoms with Crippen LogP contribution in [0.5, 0.6) is 5.75 Å². The van der Waals surface area contributed by atoms with E-state index in [0.717, 1.165) is 6.07 Å². The molecule has 0 saturated carbocycles. The van der Waals surface area contributed by atoms with E-state index >= 15 is 0 Å². The lowest BCUT2D eigenvalue weighted by Crippen LogP contribution is -2.43. The van der Waals surface area contributed by atoms with Crippen molar-refractivity contribution in [3.05, 3.63) is 29.6 Å². The first-order valence-electron chi connectivity index (χ1n) is 4.97. The highest BCUT2D eigenvalue weighted by molar-refractivity contribution is 5.96. The van der Waals surface area contributed by atoms with Gasteiger partial charge in [0.15, 0.2) is 17.6 Å². The highest BCUT2D eigenvalue weighted by Gasteiger charge is 2.20. The second kappa shape index (κ2) is 5.97. The molecule has 0 aliphatic rings. The lowest BCUT2D eigenvalue weighted by molar-refractivity contribution is -0.140. The molecular weight excluding hydrogens is 245 g/mol. The van der Waals surface area contributed by atoms with Crippen molar-refractivity contribution >= 4 is 11.9 Å². The molecule has 0 radical (unpaired) electrons. The average Bonchev–Trinajstić information content (AvgIpc) is 2.35. The topological polar surface area (TPSA) is 95.9 Å². The zero-order valence-corrected chi connectivity index (χ0v) is 9.51. The zero-order valence-electron chi connectivity index (χ0n) is 9.51. The molecule has 1 atom stereocenters. The van der Waals surface area contributed by atoms with Crippen LogP contribution in [-0.2, 0) is 4.79 Å². The van der Waals surface area contributed by atoms with Gasteiger partial charge in [-0.2, -0.15) is 0 Å². The van der Waals surface area contributed by atoms with Gasteiger partial charge in [0.1, 0.15) is 0 Å². The van der Waals surface area contributed by atoms with E-state index in [2.05, 4.69) is 10.1 Å². The van der Waals surface area contributed by atoms with Crippen molar-refractivity contribution in [1.29, 1.82) is 0 Å². The third-order valence-corrected chi connectivity index (χ3v) is 2.20. The minimum absolute atomic E-state index is 0.0245. The fourth-order valence-electron chi connectivity index (χ4n) is 1.23. The summed E-state index contributed by atoms with van der Waals surface area (Å²) in [6, 6.07) is 2.03. The summed E-state index contributed by atoms with van der Waals surface area (Å²) in [5.74, 6) is -2.93. The van der Waals surface area contributed by atoms with Gasteiger partial charge in [-0.05, 0) is 18.2 Å². The molecule has 1 rings (SSSR count). The number of aliphatic carboxylic acids is 1. The van der Waals surface area contributed by atoms with Crippen LogP contribution in [0.1, 0.15) is 10.4 Å². The number of rotatable bonds is 5. The van der Waals surface area contributed by atoms with E-state index in [1.165, 1.54) is 19.2 Å². The summed E-state index contributed by atoms with van der Waals surface area (Å²) >= 11 is 0. The minimum Gasteiger partial charge on any atom is -0.494 e. The second-order valence-electron chi connectivity index (χ2n) is 3.40. The average molecular weight is 257 g/mol. The summed E-state index contributed by atoms with van der Waals surface area (Å²) < 4.78 is 18.0. The van der Waals surface area contributed by atoms with Gasteiger partial charge in [-0.1, -0.05) is 0 Å². The molecule has 0 bridgehead atoms. The van der Waals surface area contributed by atoms with E-state index in [1.807, 2.05) is 0 Å². The van der Waals surface area contributed by atoms with Crippen LogP contribution in [0, 0.1) is 5.82 Å². The van der Waals surface area contributed by atoms with Crippen molar-refractivity contribution in [3.8, 4) is 5.75 Å². The Balaban J connectivity index is 2.84. The first-order chi connectivity index (χ1) is 8.49. The number of benzene rings is 1. The molecule has 6 nitrogen and oxygen atoms in total. The van der Waals surface area contributed by atoms with E-state index in [4.69, 9.17) is 10.2 Å². The molecule has 98 valence electrons. The minimum atomic E-state index is -1.43. The summed E-state index contributed by atoms with van der Waals surface area (Å²) in [4.78, 5) is 22.2. The van der Waals surface area contributed by atoms with E-state index in [-0.39, 0.29) is 11.3 Å². The van der Waals surface area contributed by atoms with Crippen molar-refractivity contribution in [2.24, 2.45) is 0 Å². The van der Waals surface area contributed by atoms with Gasteiger partial charge in [-0.25, -0.2) is 9.18 Å². The Bertz CT molecular complexity index is 463. The number of halogens is 1. The standard InChI is InChI=1S/C11H12FNO5/c1-18-9-3-2-6(4-7(9)12)10(15)13-8(5-14)11(16)17/h2-4,8,14H,5H2,1H3,(H,13,15)(H,16,17)/t8-/m1/s1. The van der Waals surface area contributed by atoms with E-state index < -0.39 is 30.3 Å². The van der Waals surface area contributed by atoms with Crippen LogP contribution < -0.4 is 10.1 Å². The number of hydrogen-bond donors (Lipinski definition) is 3. The number of carboxylic acid groups (broad SMARTS) is 1. The lowest BCUT2D eigenvalue weighted by Gasteiger charge is -2.12. The van der Waals surface area contributed by atoms with E-state index in [1.54, 1.807) is 0 Å². The Morgan fingerprint density at radius 1 is 1.50 bits per heavy atom. The van der Waals surface area contributed by atoms with Gasteiger partial charge in [0.25, 0.3) is 5.91 Å². The van der Waals surface area contributed by atoms with Crippen molar-refractivity contribution in [2.45, 2.75) is 6.04 Å². The molecule has 1 amide bonds. The fourth-order valence-corrected chi connectivity index (χ4v) is 1.23. The third kappa shape index (κ3) is 3.17. The number of carbonyl (C=O) groups excluding carboxylic acids is 1. The van der Waals surface area contributed by atoms with Crippen LogP contribution in [0.25, 0.3) is 0 Å². The third-order valence-electron chi connectivity index (χ3n) is 2.20. The molecule has 0 spiro atoms. The summed E-state index contributed by atoms with van der Waals surface area (Å²) in [5, 5.41) is 19.4. The number of hydrogen-bond acceptors (Lipinski definition) is 4. The van der Waals surface area contributed by atoms with E-state index in [9.17, 15) is 14.0 Å². The van der Waals surface area contributed by atoms with E-state index in [0.29, 0.717) is 0 Å². The Kier molecular flexibility index (Phi) is 4.61. The Hall–Kier alpha value is -2.15. The first-order valence-corrected chi connectivity index (χ1v) is 4.97. The number of amides is 1. The van der Waals surface area contributed by atoms with Crippen LogP contribution in [0.4, 0.5) is 4.39 Å². The second-order valence-corrected chi connectivity index (χ2v) is 3.40. The largest absolute Gasteiger partial charge is 0.494 e. The van der Waals surface area contributed by atoms with Gasteiger partial charge >= 0.3 is 5.97 Å². The van der Waals surface area contributed by atoms with Crippen LogP contribution >= 0.6 is 0 Å². The van der Waals surface area contributed by atoms with Crippen molar-refractivity contribution in [2.75, 3.05) is 13.7 Å². The molecule has 0 aliphatic carbocycles. The maximum absolute atomic E-state index is 13.3. The van der Waals surface area contributed by atoms with Crippen molar-refractivity contribution in [1.82, 2.24) is 5.32 Å². The maximum atomic E-state index is 13.3. The van der Waals surface area contributed by atoms with Crippen LogP contribution in [0.3, 0.4) is 0 Å². The monoisotopic (exact) mass is 257 g/mol. The summed E-state index contributed by atoms with van der Waals surface area (Å²) in [5.41, 5.74) is -0.0620. The predicted molar refractivity (Wildman–Crippen MR) is 58.9 cm³/mol. The Morgan fingerprint density at radius 3 is 2.61 bits per heavy atom. The van der Waals surface area contributed by atoms with Gasteiger partial charge < -0.3 is 20.3 Å². The van der Waals surface area contributed by atoms with Gasteiger partial charge in [-0.3, -0.25) is 4.79 Å². The molecule has 1 aromatic rings. The molecule has 0 saturated heterocycles. The normalized spacial score (nSPS) is 11.7. The SMILES string of the molecule is COc1ccc(C(=O)N[C@H](CO)C(=O)O)cc1F. The maximum Gasteiger partial charge on any atom is 0.328 e. The molecule has 0 fully saturated rings. The number of aliphatic hydroxyl groups excluding tert-OH is 1. The molecule has 18 heavy (non-hydrogen) atoms. The lowest BCUT2D eigenvalue weighted by atomic mass is 10.2. The van der Waals surface area contributed by atoms with Gasteiger partial charge in [0.2, 0.25) is 0 Å². The highest BCUT2D eigenvalue weighted by atomic mass is 19.1. The Labute approximate surface area is 102 Å². The van der Waals surface area contributed by atoms with Gasteiger partial charge in [0, 0.05) is 5.56 Å².